The highest BCUT2D eigenvalue weighted by Crippen LogP contribution is 2.32. The van der Waals surface area contributed by atoms with Crippen molar-refractivity contribution in [3.8, 4) is 22.8 Å². The van der Waals surface area contributed by atoms with Crippen LogP contribution in [0.1, 0.15) is 16.3 Å². The van der Waals surface area contributed by atoms with E-state index in [-0.39, 0.29) is 5.91 Å². The van der Waals surface area contributed by atoms with Gasteiger partial charge in [-0.05, 0) is 31.2 Å². The minimum atomic E-state index is -0.220. The van der Waals surface area contributed by atoms with E-state index in [2.05, 4.69) is 30.6 Å². The number of ether oxygens (including phenoxy) is 3. The summed E-state index contributed by atoms with van der Waals surface area (Å²) in [6, 6.07) is 9.13. The summed E-state index contributed by atoms with van der Waals surface area (Å²) in [5.74, 6) is 3.40. The number of morpholine rings is 1. The number of aromatic nitrogens is 4. The molecular weight excluding hydrogens is 450 g/mol. The summed E-state index contributed by atoms with van der Waals surface area (Å²) in [7, 11) is 4.93. The maximum absolute atomic E-state index is 12.8. The van der Waals surface area contributed by atoms with Gasteiger partial charge in [-0.15, -0.1) is 0 Å². The van der Waals surface area contributed by atoms with Gasteiger partial charge in [-0.25, -0.2) is 9.97 Å². The first-order valence-corrected chi connectivity index (χ1v) is 11.5. The highest BCUT2D eigenvalue weighted by Gasteiger charge is 2.18. The van der Waals surface area contributed by atoms with Gasteiger partial charge in [-0.2, -0.15) is 5.10 Å². The zero-order chi connectivity index (χ0) is 24.8. The van der Waals surface area contributed by atoms with Crippen LogP contribution in [-0.2, 0) is 11.8 Å². The Morgan fingerprint density at radius 2 is 1.89 bits per heavy atom. The molecule has 11 nitrogen and oxygen atoms in total. The van der Waals surface area contributed by atoms with E-state index in [1.807, 2.05) is 31.2 Å². The molecule has 0 atom stereocenters. The van der Waals surface area contributed by atoms with E-state index in [0.29, 0.717) is 55.0 Å². The van der Waals surface area contributed by atoms with E-state index in [0.717, 1.165) is 30.3 Å². The number of amides is 1. The molecule has 1 fully saturated rings. The molecule has 2 aromatic heterocycles. The van der Waals surface area contributed by atoms with Crippen LogP contribution in [0.15, 0.2) is 30.3 Å². The summed E-state index contributed by atoms with van der Waals surface area (Å²) in [4.78, 5) is 24.0. The van der Waals surface area contributed by atoms with Crippen LogP contribution < -0.4 is 25.0 Å². The molecule has 0 unspecified atom stereocenters. The van der Waals surface area contributed by atoms with Crippen molar-refractivity contribution in [3.63, 3.8) is 0 Å². The maximum Gasteiger partial charge on any atom is 0.269 e. The standard InChI is InChI=1S/C24H31N7O4/c1-16-27-22(15-23(28-16)31-9-11-35-12-10-31)25-7-8-26-24(32)20-14-19(29-30(20)2)18-13-17(33-3)5-6-21(18)34-4/h5-6,13-15H,7-12H2,1-4H3,(H,26,32)(H,25,27,28). The summed E-state index contributed by atoms with van der Waals surface area (Å²) in [5, 5.41) is 10.7. The molecule has 1 amide bonds. The molecule has 0 radical (unpaired) electrons. The second kappa shape index (κ2) is 11.0. The SMILES string of the molecule is COc1ccc(OC)c(-c2cc(C(=O)NCCNc3cc(N4CCOCC4)nc(C)n3)n(C)n2)c1. The number of nitrogens with zero attached hydrogens (tertiary/aromatic N) is 5. The first kappa shape index (κ1) is 24.3. The predicted molar refractivity (Wildman–Crippen MR) is 132 cm³/mol. The zero-order valence-electron chi connectivity index (χ0n) is 20.5. The highest BCUT2D eigenvalue weighted by molar-refractivity contribution is 5.94. The largest absolute Gasteiger partial charge is 0.497 e. The van der Waals surface area contributed by atoms with E-state index >= 15 is 0 Å². The summed E-state index contributed by atoms with van der Waals surface area (Å²) >= 11 is 0. The Morgan fingerprint density at radius 3 is 2.63 bits per heavy atom. The number of carbonyl (C=O) groups is 1. The van der Waals surface area contributed by atoms with Gasteiger partial charge < -0.3 is 29.7 Å². The summed E-state index contributed by atoms with van der Waals surface area (Å²) in [6.07, 6.45) is 0. The van der Waals surface area contributed by atoms with Gasteiger partial charge in [0.05, 0.1) is 33.1 Å². The molecule has 1 saturated heterocycles. The predicted octanol–water partition coefficient (Wildman–Crippen LogP) is 1.88. The molecule has 2 N–H and O–H groups in total. The molecule has 0 spiro atoms. The van der Waals surface area contributed by atoms with Gasteiger partial charge in [0, 0.05) is 44.9 Å². The number of aryl methyl sites for hydroxylation is 2. The fourth-order valence-corrected chi connectivity index (χ4v) is 3.88. The lowest BCUT2D eigenvalue weighted by Gasteiger charge is -2.28. The van der Waals surface area contributed by atoms with Crippen molar-refractivity contribution in [1.82, 2.24) is 25.1 Å². The van der Waals surface area contributed by atoms with Gasteiger partial charge in [0.1, 0.15) is 34.7 Å². The lowest BCUT2D eigenvalue weighted by atomic mass is 10.1. The van der Waals surface area contributed by atoms with Crippen molar-refractivity contribution in [3.05, 3.63) is 41.9 Å². The van der Waals surface area contributed by atoms with E-state index in [9.17, 15) is 4.79 Å². The van der Waals surface area contributed by atoms with Crippen molar-refractivity contribution >= 4 is 17.5 Å². The Balaban J connectivity index is 1.36. The molecule has 1 aliphatic heterocycles. The highest BCUT2D eigenvalue weighted by atomic mass is 16.5. The molecular formula is C24H31N7O4. The number of hydrogen-bond acceptors (Lipinski definition) is 9. The fraction of sp³-hybridized carbons (Fsp3) is 0.417. The second-order valence-corrected chi connectivity index (χ2v) is 8.05. The first-order chi connectivity index (χ1) is 17.0. The molecule has 3 heterocycles. The molecule has 11 heteroatoms. The number of anilines is 2. The van der Waals surface area contributed by atoms with Crippen LogP contribution in [0.3, 0.4) is 0 Å². The van der Waals surface area contributed by atoms with Crippen LogP contribution in [0.5, 0.6) is 11.5 Å². The van der Waals surface area contributed by atoms with Gasteiger partial charge >= 0.3 is 0 Å². The van der Waals surface area contributed by atoms with Crippen LogP contribution in [0.2, 0.25) is 0 Å². The summed E-state index contributed by atoms with van der Waals surface area (Å²) < 4.78 is 17.7. The van der Waals surface area contributed by atoms with E-state index in [1.165, 1.54) is 0 Å². The van der Waals surface area contributed by atoms with Gasteiger partial charge in [-0.1, -0.05) is 0 Å². The number of nitrogens with one attached hydrogen (secondary N) is 2. The minimum Gasteiger partial charge on any atom is -0.497 e. The minimum absolute atomic E-state index is 0.220. The Kier molecular flexibility index (Phi) is 7.66. The number of methoxy groups -OCH3 is 2. The third-order valence-corrected chi connectivity index (χ3v) is 5.67. The normalized spacial score (nSPS) is 13.4. The van der Waals surface area contributed by atoms with Crippen molar-refractivity contribution in [1.29, 1.82) is 0 Å². The van der Waals surface area contributed by atoms with Gasteiger partial charge in [0.25, 0.3) is 5.91 Å². The van der Waals surface area contributed by atoms with Crippen molar-refractivity contribution in [2.45, 2.75) is 6.92 Å². The van der Waals surface area contributed by atoms with Crippen LogP contribution in [0.4, 0.5) is 11.6 Å². The Morgan fingerprint density at radius 1 is 1.09 bits per heavy atom. The molecule has 0 aliphatic carbocycles. The van der Waals surface area contributed by atoms with E-state index in [4.69, 9.17) is 14.2 Å². The molecule has 0 saturated carbocycles. The topological polar surface area (TPSA) is 116 Å². The average molecular weight is 482 g/mol. The quantitative estimate of drug-likeness (QED) is 0.442. The van der Waals surface area contributed by atoms with E-state index < -0.39 is 0 Å². The molecule has 4 rings (SSSR count). The number of hydrogen-bond donors (Lipinski definition) is 2. The molecule has 1 aliphatic rings. The van der Waals surface area contributed by atoms with Gasteiger partial charge in [-0.3, -0.25) is 9.48 Å². The van der Waals surface area contributed by atoms with Crippen molar-refractivity contribution in [2.75, 3.05) is 63.8 Å². The Hall–Kier alpha value is -3.86. The Bertz CT molecular complexity index is 1170. The molecule has 35 heavy (non-hydrogen) atoms. The number of rotatable bonds is 9. The number of carbonyl (C=O) groups excluding carboxylic acids is 1. The summed E-state index contributed by atoms with van der Waals surface area (Å²) in [5.41, 5.74) is 1.81. The van der Waals surface area contributed by atoms with Gasteiger partial charge in [0.2, 0.25) is 0 Å². The van der Waals surface area contributed by atoms with Crippen LogP contribution >= 0.6 is 0 Å². The third-order valence-electron chi connectivity index (χ3n) is 5.67. The van der Waals surface area contributed by atoms with E-state index in [1.54, 1.807) is 32.0 Å². The van der Waals surface area contributed by atoms with Crippen molar-refractivity contribution in [2.24, 2.45) is 7.05 Å². The lowest BCUT2D eigenvalue weighted by molar-refractivity contribution is 0.0945. The average Bonchev–Trinajstić information content (AvgIpc) is 3.27. The van der Waals surface area contributed by atoms with Gasteiger partial charge in [0.15, 0.2) is 0 Å². The van der Waals surface area contributed by atoms with Crippen LogP contribution in [0.25, 0.3) is 11.3 Å². The summed E-state index contributed by atoms with van der Waals surface area (Å²) in [6.45, 7) is 5.79. The van der Waals surface area contributed by atoms with Crippen LogP contribution in [0, 0.1) is 6.92 Å². The lowest BCUT2D eigenvalue weighted by Crippen LogP contribution is -2.37. The molecule has 186 valence electrons. The fourth-order valence-electron chi connectivity index (χ4n) is 3.88. The first-order valence-electron chi connectivity index (χ1n) is 11.5. The maximum atomic E-state index is 12.8. The number of benzene rings is 1. The van der Waals surface area contributed by atoms with Crippen LogP contribution in [-0.4, -0.2) is 79.3 Å². The third kappa shape index (κ3) is 5.80. The van der Waals surface area contributed by atoms with Crippen molar-refractivity contribution < 1.29 is 19.0 Å². The monoisotopic (exact) mass is 481 g/mol. The molecule has 1 aromatic carbocycles. The molecule has 0 bridgehead atoms. The molecule has 3 aromatic rings. The second-order valence-electron chi connectivity index (χ2n) is 8.05. The zero-order valence-corrected chi connectivity index (χ0v) is 20.5. The Labute approximate surface area is 204 Å². The smallest absolute Gasteiger partial charge is 0.269 e.